The Balaban J connectivity index is 1.27. The van der Waals surface area contributed by atoms with Gasteiger partial charge in [0.2, 0.25) is 0 Å². The number of phenols is 1. The van der Waals surface area contributed by atoms with Gasteiger partial charge < -0.3 is 25.0 Å². The van der Waals surface area contributed by atoms with Gasteiger partial charge in [-0.3, -0.25) is 0 Å². The first-order valence-electron chi connectivity index (χ1n) is 10.6. The Morgan fingerprint density at radius 3 is 2.38 bits per heavy atom. The Labute approximate surface area is 173 Å². The molecule has 5 nitrogen and oxygen atoms in total. The second kappa shape index (κ2) is 11.7. The highest BCUT2D eigenvalue weighted by Crippen LogP contribution is 2.27. The van der Waals surface area contributed by atoms with E-state index in [2.05, 4.69) is 17.4 Å². The van der Waals surface area contributed by atoms with Crippen molar-refractivity contribution in [3.8, 4) is 17.2 Å². The van der Waals surface area contributed by atoms with Gasteiger partial charge in [-0.1, -0.05) is 31.4 Å². The molecule has 2 aromatic carbocycles. The highest BCUT2D eigenvalue weighted by molar-refractivity contribution is 5.30. The molecule has 2 aromatic rings. The van der Waals surface area contributed by atoms with E-state index in [9.17, 15) is 10.2 Å². The number of benzene rings is 2. The number of rotatable bonds is 11. The van der Waals surface area contributed by atoms with Crippen LogP contribution < -0.4 is 14.8 Å². The molecule has 0 bridgehead atoms. The van der Waals surface area contributed by atoms with Crippen LogP contribution in [0, 0.1) is 12.5 Å². The quantitative estimate of drug-likeness (QED) is 0.498. The Kier molecular flexibility index (Phi) is 8.65. The summed E-state index contributed by atoms with van der Waals surface area (Å²) in [6.07, 6.45) is 6.77. The van der Waals surface area contributed by atoms with Crippen LogP contribution in [0.25, 0.3) is 0 Å². The van der Waals surface area contributed by atoms with Crippen molar-refractivity contribution in [3.63, 3.8) is 0 Å². The van der Waals surface area contributed by atoms with Gasteiger partial charge in [0, 0.05) is 6.54 Å². The molecule has 0 amide bonds. The van der Waals surface area contributed by atoms with Crippen molar-refractivity contribution in [2.75, 3.05) is 19.7 Å². The van der Waals surface area contributed by atoms with Crippen LogP contribution in [0.3, 0.4) is 0 Å². The number of nitrogens with one attached hydrogen (secondary N) is 1. The van der Waals surface area contributed by atoms with Gasteiger partial charge in [-0.15, -0.1) is 0 Å². The van der Waals surface area contributed by atoms with E-state index in [1.54, 1.807) is 24.3 Å². The minimum atomic E-state index is -0.588. The van der Waals surface area contributed by atoms with Crippen LogP contribution in [0.1, 0.15) is 37.7 Å². The summed E-state index contributed by atoms with van der Waals surface area (Å²) in [6.45, 7) is 3.47. The van der Waals surface area contributed by atoms with Gasteiger partial charge in [0.15, 0.2) is 0 Å². The summed E-state index contributed by atoms with van der Waals surface area (Å²) in [6, 6.07) is 14.7. The summed E-state index contributed by atoms with van der Waals surface area (Å²) in [5.74, 6) is 2.32. The number of aromatic hydroxyl groups is 1. The van der Waals surface area contributed by atoms with Gasteiger partial charge in [-0.2, -0.15) is 0 Å². The van der Waals surface area contributed by atoms with Crippen molar-refractivity contribution in [1.29, 1.82) is 0 Å². The van der Waals surface area contributed by atoms with Gasteiger partial charge in [0.25, 0.3) is 0 Å². The minimum absolute atomic E-state index is 0.196. The van der Waals surface area contributed by atoms with E-state index in [1.807, 2.05) is 18.7 Å². The van der Waals surface area contributed by atoms with E-state index in [-0.39, 0.29) is 12.4 Å². The first kappa shape index (κ1) is 21.5. The zero-order valence-electron chi connectivity index (χ0n) is 16.9. The highest BCUT2D eigenvalue weighted by Gasteiger charge is 2.14. The maximum Gasteiger partial charge on any atom is 0.138 e. The lowest BCUT2D eigenvalue weighted by molar-refractivity contribution is 0.106. The molecular weight excluding hydrogens is 366 g/mol. The number of hydrogen-bond acceptors (Lipinski definition) is 5. The van der Waals surface area contributed by atoms with Crippen LogP contribution in [-0.4, -0.2) is 36.0 Å². The van der Waals surface area contributed by atoms with Crippen molar-refractivity contribution in [3.05, 3.63) is 60.7 Å². The Morgan fingerprint density at radius 1 is 0.966 bits per heavy atom. The lowest BCUT2D eigenvalue weighted by Gasteiger charge is -2.20. The number of hydrogen-bond donors (Lipinski definition) is 3. The molecule has 157 valence electrons. The molecule has 5 heteroatoms. The molecule has 0 aliphatic heterocycles. The normalized spacial score (nSPS) is 15.8. The van der Waals surface area contributed by atoms with Crippen LogP contribution in [0.4, 0.5) is 0 Å². The van der Waals surface area contributed by atoms with Gasteiger partial charge in [0.1, 0.15) is 36.6 Å². The molecule has 0 aromatic heterocycles. The van der Waals surface area contributed by atoms with Gasteiger partial charge >= 0.3 is 0 Å². The SMILES string of the molecule is Oc1ccc(OC[C@@H](O)CNCCc2ccc(O[CH]C3CCCCC3)cc2)cc1. The number of phenolic OH excluding ortho intramolecular Hbond substituents is 1. The Morgan fingerprint density at radius 2 is 1.66 bits per heavy atom. The lowest BCUT2D eigenvalue weighted by Crippen LogP contribution is -2.32. The van der Waals surface area contributed by atoms with E-state index in [4.69, 9.17) is 9.47 Å². The minimum Gasteiger partial charge on any atom is -0.508 e. The second-order valence-electron chi connectivity index (χ2n) is 7.71. The van der Waals surface area contributed by atoms with Gasteiger partial charge in [-0.25, -0.2) is 0 Å². The lowest BCUT2D eigenvalue weighted by atomic mass is 9.90. The van der Waals surface area contributed by atoms with Crippen molar-refractivity contribution in [2.45, 2.75) is 44.6 Å². The van der Waals surface area contributed by atoms with E-state index in [0.29, 0.717) is 18.2 Å². The first-order valence-corrected chi connectivity index (χ1v) is 10.6. The number of aliphatic hydroxyl groups is 1. The van der Waals surface area contributed by atoms with Crippen LogP contribution >= 0.6 is 0 Å². The van der Waals surface area contributed by atoms with Crippen LogP contribution in [0.2, 0.25) is 0 Å². The first-order chi connectivity index (χ1) is 14.2. The van der Waals surface area contributed by atoms with E-state index < -0.39 is 6.10 Å². The Hall–Kier alpha value is -2.24. The predicted octanol–water partition coefficient (Wildman–Crippen LogP) is 4.09. The molecule has 0 spiro atoms. The molecule has 1 aliphatic carbocycles. The predicted molar refractivity (Wildman–Crippen MR) is 114 cm³/mol. The fourth-order valence-corrected chi connectivity index (χ4v) is 3.47. The smallest absolute Gasteiger partial charge is 0.138 e. The summed E-state index contributed by atoms with van der Waals surface area (Å²) < 4.78 is 11.3. The third kappa shape index (κ3) is 7.95. The molecule has 0 unspecified atom stereocenters. The van der Waals surface area contributed by atoms with Crippen molar-refractivity contribution in [2.24, 2.45) is 5.92 Å². The van der Waals surface area contributed by atoms with E-state index >= 15 is 0 Å². The number of ether oxygens (including phenoxy) is 2. The second-order valence-corrected chi connectivity index (χ2v) is 7.71. The summed E-state index contributed by atoms with van der Waals surface area (Å²) >= 11 is 0. The molecule has 1 aliphatic rings. The molecule has 1 fully saturated rings. The monoisotopic (exact) mass is 398 g/mol. The zero-order chi connectivity index (χ0) is 20.3. The summed E-state index contributed by atoms with van der Waals surface area (Å²) in [5, 5.41) is 22.5. The summed E-state index contributed by atoms with van der Waals surface area (Å²) in [5.41, 5.74) is 1.23. The van der Waals surface area contributed by atoms with Gasteiger partial charge in [-0.05, 0) is 73.7 Å². The molecule has 0 heterocycles. The average molecular weight is 399 g/mol. The van der Waals surface area contributed by atoms with Crippen molar-refractivity contribution >= 4 is 0 Å². The van der Waals surface area contributed by atoms with Crippen LogP contribution in [0.5, 0.6) is 17.2 Å². The molecule has 3 N–H and O–H groups in total. The third-order valence-electron chi connectivity index (χ3n) is 5.22. The third-order valence-corrected chi connectivity index (χ3v) is 5.22. The molecular formula is C24H32NO4. The Bertz CT molecular complexity index is 696. The summed E-state index contributed by atoms with van der Waals surface area (Å²) in [7, 11) is 0. The molecule has 29 heavy (non-hydrogen) atoms. The zero-order valence-corrected chi connectivity index (χ0v) is 16.9. The van der Waals surface area contributed by atoms with E-state index in [0.717, 1.165) is 18.7 Å². The van der Waals surface area contributed by atoms with E-state index in [1.165, 1.54) is 37.7 Å². The van der Waals surface area contributed by atoms with Gasteiger partial charge in [0.05, 0.1) is 0 Å². The van der Waals surface area contributed by atoms with Crippen LogP contribution in [0.15, 0.2) is 48.5 Å². The highest BCUT2D eigenvalue weighted by atomic mass is 16.5. The standard InChI is InChI=1S/C24H32NO4/c26-21-8-12-24(13-9-21)29-18-22(27)16-25-15-14-19-6-10-23(11-7-19)28-17-20-4-2-1-3-5-20/h6-13,17,20,22,25-27H,1-5,14-16,18H2/t22-/m0/s1. The largest absolute Gasteiger partial charge is 0.508 e. The molecule has 1 atom stereocenters. The van der Waals surface area contributed by atoms with Crippen LogP contribution in [-0.2, 0) is 6.42 Å². The van der Waals surface area contributed by atoms with Crippen molar-refractivity contribution < 1.29 is 19.7 Å². The molecule has 3 rings (SSSR count). The maximum absolute atomic E-state index is 10.0. The summed E-state index contributed by atoms with van der Waals surface area (Å²) in [4.78, 5) is 0. The topological polar surface area (TPSA) is 71.0 Å². The molecule has 1 saturated carbocycles. The molecule has 1 radical (unpaired) electrons. The number of aliphatic hydroxyl groups excluding tert-OH is 1. The van der Waals surface area contributed by atoms with Crippen molar-refractivity contribution in [1.82, 2.24) is 5.32 Å². The average Bonchev–Trinajstić information content (AvgIpc) is 2.76. The molecule has 0 saturated heterocycles. The fourth-order valence-electron chi connectivity index (χ4n) is 3.47. The maximum atomic E-state index is 10.0. The fraction of sp³-hybridized carbons (Fsp3) is 0.458.